The summed E-state index contributed by atoms with van der Waals surface area (Å²) in [6.07, 6.45) is 0.954. The van der Waals surface area contributed by atoms with Gasteiger partial charge in [0.05, 0.1) is 12.3 Å². The fourth-order valence-electron chi connectivity index (χ4n) is 2.53. The van der Waals surface area contributed by atoms with Gasteiger partial charge < -0.3 is 5.11 Å². The van der Waals surface area contributed by atoms with Gasteiger partial charge in [-0.2, -0.15) is 5.10 Å². The summed E-state index contributed by atoms with van der Waals surface area (Å²) in [5.41, 5.74) is 4.52. The molecule has 19 heavy (non-hydrogen) atoms. The van der Waals surface area contributed by atoms with Crippen molar-refractivity contribution in [2.24, 2.45) is 0 Å². The average molecular weight is 278 g/mol. The van der Waals surface area contributed by atoms with Crippen LogP contribution in [0.25, 0.3) is 11.3 Å². The highest BCUT2D eigenvalue weighted by molar-refractivity contribution is 6.30. The van der Waals surface area contributed by atoms with Crippen molar-refractivity contribution < 1.29 is 5.11 Å². The maximum Gasteiger partial charge on any atom is 0.0968 e. The number of aliphatic hydroxyl groups excluding tert-OH is 1. The normalized spacial score (nSPS) is 15.5. The van der Waals surface area contributed by atoms with Gasteiger partial charge in [-0.25, -0.2) is 0 Å². The number of aromatic nitrogens is 2. The Bertz CT molecular complexity index is 565. The van der Waals surface area contributed by atoms with Crippen LogP contribution in [-0.2, 0) is 13.0 Å². The van der Waals surface area contributed by atoms with E-state index in [4.69, 9.17) is 16.7 Å². The van der Waals surface area contributed by atoms with E-state index in [-0.39, 0.29) is 6.61 Å². The Balaban J connectivity index is 1.92. The third-order valence-electron chi connectivity index (χ3n) is 3.55. The SMILES string of the molecule is OCCN1CCc2[nH]nc(-c3ccc(Cl)cc3)c2C1. The van der Waals surface area contributed by atoms with Crippen LogP contribution < -0.4 is 0 Å². The Hall–Kier alpha value is -1.36. The number of hydrogen-bond acceptors (Lipinski definition) is 3. The first kappa shape index (κ1) is 12.7. The fraction of sp³-hybridized carbons (Fsp3) is 0.357. The summed E-state index contributed by atoms with van der Waals surface area (Å²) >= 11 is 5.92. The molecule has 2 heterocycles. The van der Waals surface area contributed by atoms with Crippen molar-refractivity contribution in [3.05, 3.63) is 40.5 Å². The molecule has 2 N–H and O–H groups in total. The molecule has 0 aliphatic carbocycles. The molecule has 0 fully saturated rings. The van der Waals surface area contributed by atoms with Crippen LogP contribution in [0.5, 0.6) is 0 Å². The zero-order valence-electron chi connectivity index (χ0n) is 10.6. The van der Waals surface area contributed by atoms with Gasteiger partial charge >= 0.3 is 0 Å². The first-order chi connectivity index (χ1) is 9.28. The molecular weight excluding hydrogens is 262 g/mol. The molecule has 5 heteroatoms. The Morgan fingerprint density at radius 3 is 2.84 bits per heavy atom. The Labute approximate surface area is 117 Å². The molecule has 0 saturated heterocycles. The number of halogens is 1. The maximum atomic E-state index is 9.05. The summed E-state index contributed by atoms with van der Waals surface area (Å²) in [7, 11) is 0. The van der Waals surface area contributed by atoms with E-state index in [1.165, 1.54) is 11.3 Å². The van der Waals surface area contributed by atoms with Crippen LogP contribution in [0.3, 0.4) is 0 Å². The van der Waals surface area contributed by atoms with E-state index in [1.807, 2.05) is 24.3 Å². The summed E-state index contributed by atoms with van der Waals surface area (Å²) in [5, 5.41) is 17.4. The van der Waals surface area contributed by atoms with Crippen molar-refractivity contribution >= 4 is 11.6 Å². The van der Waals surface area contributed by atoms with Crippen LogP contribution in [0, 0.1) is 0 Å². The lowest BCUT2D eigenvalue weighted by molar-refractivity contribution is 0.184. The van der Waals surface area contributed by atoms with Crippen LogP contribution in [0.15, 0.2) is 24.3 Å². The third-order valence-corrected chi connectivity index (χ3v) is 3.80. The van der Waals surface area contributed by atoms with Crippen molar-refractivity contribution in [2.45, 2.75) is 13.0 Å². The highest BCUT2D eigenvalue weighted by atomic mass is 35.5. The van der Waals surface area contributed by atoms with E-state index in [0.717, 1.165) is 35.8 Å². The van der Waals surface area contributed by atoms with Gasteiger partial charge in [0.2, 0.25) is 0 Å². The number of fused-ring (bicyclic) bond motifs is 1. The second kappa shape index (κ2) is 5.33. The highest BCUT2D eigenvalue weighted by Crippen LogP contribution is 2.28. The molecule has 4 nitrogen and oxygen atoms in total. The molecule has 100 valence electrons. The van der Waals surface area contributed by atoms with Crippen molar-refractivity contribution in [3.8, 4) is 11.3 Å². The number of hydrogen-bond donors (Lipinski definition) is 2. The molecule has 0 amide bonds. The number of nitrogens with one attached hydrogen (secondary N) is 1. The summed E-state index contributed by atoms with van der Waals surface area (Å²) in [6, 6.07) is 7.74. The van der Waals surface area contributed by atoms with Crippen molar-refractivity contribution in [2.75, 3.05) is 19.7 Å². The summed E-state index contributed by atoms with van der Waals surface area (Å²) < 4.78 is 0. The smallest absolute Gasteiger partial charge is 0.0968 e. The highest BCUT2D eigenvalue weighted by Gasteiger charge is 2.22. The van der Waals surface area contributed by atoms with E-state index in [2.05, 4.69) is 15.1 Å². The number of benzene rings is 1. The standard InChI is InChI=1S/C14H16ClN3O/c15-11-3-1-10(2-4-11)14-12-9-18(7-8-19)6-5-13(12)16-17-14/h1-4,19H,5-9H2,(H,16,17). The van der Waals surface area contributed by atoms with Gasteiger partial charge in [-0.15, -0.1) is 0 Å². The van der Waals surface area contributed by atoms with Gasteiger partial charge in [-0.1, -0.05) is 23.7 Å². The lowest BCUT2D eigenvalue weighted by atomic mass is 10.0. The van der Waals surface area contributed by atoms with E-state index in [9.17, 15) is 0 Å². The molecular formula is C14H16ClN3O. The minimum absolute atomic E-state index is 0.198. The van der Waals surface area contributed by atoms with Crippen molar-refractivity contribution in [1.29, 1.82) is 0 Å². The molecule has 0 spiro atoms. The van der Waals surface area contributed by atoms with Gasteiger partial charge in [0.15, 0.2) is 0 Å². The Morgan fingerprint density at radius 2 is 2.11 bits per heavy atom. The van der Waals surface area contributed by atoms with E-state index < -0.39 is 0 Å². The van der Waals surface area contributed by atoms with Crippen molar-refractivity contribution in [3.63, 3.8) is 0 Å². The molecule has 1 aliphatic heterocycles. The van der Waals surface area contributed by atoms with Gasteiger partial charge in [0.1, 0.15) is 0 Å². The maximum absolute atomic E-state index is 9.05. The molecule has 1 aliphatic rings. The van der Waals surface area contributed by atoms with Crippen LogP contribution >= 0.6 is 11.6 Å². The van der Waals surface area contributed by atoms with Crippen molar-refractivity contribution in [1.82, 2.24) is 15.1 Å². The number of β-amino-alcohol motifs (C(OH)–C–C–N with tert-alkyl or cyclic N) is 1. The van der Waals surface area contributed by atoms with Gasteiger partial charge in [0.25, 0.3) is 0 Å². The zero-order chi connectivity index (χ0) is 13.2. The summed E-state index contributed by atoms with van der Waals surface area (Å²) in [4.78, 5) is 2.25. The van der Waals surface area contributed by atoms with E-state index in [0.29, 0.717) is 6.54 Å². The molecule has 1 aromatic carbocycles. The second-order valence-electron chi connectivity index (χ2n) is 4.79. The molecule has 2 aromatic rings. The van der Waals surface area contributed by atoms with E-state index in [1.54, 1.807) is 0 Å². The molecule has 0 unspecified atom stereocenters. The van der Waals surface area contributed by atoms with Crippen LogP contribution in [0.1, 0.15) is 11.3 Å². The number of aromatic amines is 1. The van der Waals surface area contributed by atoms with Gasteiger partial charge in [-0.3, -0.25) is 10.00 Å². The fourth-order valence-corrected chi connectivity index (χ4v) is 2.66. The second-order valence-corrected chi connectivity index (χ2v) is 5.22. The zero-order valence-corrected chi connectivity index (χ0v) is 11.3. The topological polar surface area (TPSA) is 52.1 Å². The summed E-state index contributed by atoms with van der Waals surface area (Å²) in [6.45, 7) is 2.72. The molecule has 1 aromatic heterocycles. The lowest BCUT2D eigenvalue weighted by Crippen LogP contribution is -2.32. The largest absolute Gasteiger partial charge is 0.395 e. The lowest BCUT2D eigenvalue weighted by Gasteiger charge is -2.26. The first-order valence-corrected chi connectivity index (χ1v) is 6.81. The molecule has 0 atom stereocenters. The van der Waals surface area contributed by atoms with Crippen LogP contribution in [0.2, 0.25) is 5.02 Å². The predicted molar refractivity (Wildman–Crippen MR) is 75.1 cm³/mol. The Morgan fingerprint density at radius 1 is 1.32 bits per heavy atom. The van der Waals surface area contributed by atoms with Crippen LogP contribution in [0.4, 0.5) is 0 Å². The molecule has 0 bridgehead atoms. The number of aliphatic hydroxyl groups is 1. The molecule has 0 saturated carbocycles. The van der Waals surface area contributed by atoms with Gasteiger partial charge in [0, 0.05) is 47.9 Å². The molecule has 0 radical (unpaired) electrons. The number of H-pyrrole nitrogens is 1. The monoisotopic (exact) mass is 277 g/mol. The Kier molecular flexibility index (Phi) is 3.55. The predicted octanol–water partition coefficient (Wildman–Crippen LogP) is 2.08. The minimum Gasteiger partial charge on any atom is -0.395 e. The van der Waals surface area contributed by atoms with Crippen LogP contribution in [-0.4, -0.2) is 39.9 Å². The van der Waals surface area contributed by atoms with Gasteiger partial charge in [-0.05, 0) is 12.1 Å². The average Bonchev–Trinajstić information content (AvgIpc) is 2.83. The first-order valence-electron chi connectivity index (χ1n) is 6.43. The third kappa shape index (κ3) is 2.52. The molecule has 3 rings (SSSR count). The van der Waals surface area contributed by atoms with E-state index >= 15 is 0 Å². The number of rotatable bonds is 3. The minimum atomic E-state index is 0.198. The quantitative estimate of drug-likeness (QED) is 0.903. The summed E-state index contributed by atoms with van der Waals surface area (Å²) in [5.74, 6) is 0. The number of nitrogens with zero attached hydrogens (tertiary/aromatic N) is 2.